The SMILES string of the molecule is N#Cc1cc(OC2CCCCC2)ccc1N. The molecule has 0 unspecified atom stereocenters. The molecule has 1 aromatic rings. The Bertz CT molecular complexity index is 403. The molecule has 84 valence electrons. The minimum absolute atomic E-state index is 0.309. The summed E-state index contributed by atoms with van der Waals surface area (Å²) in [6.07, 6.45) is 6.34. The van der Waals surface area contributed by atoms with Gasteiger partial charge in [-0.25, -0.2) is 0 Å². The van der Waals surface area contributed by atoms with E-state index in [0.717, 1.165) is 18.6 Å². The van der Waals surface area contributed by atoms with Crippen LogP contribution in [0.3, 0.4) is 0 Å². The van der Waals surface area contributed by atoms with Crippen molar-refractivity contribution in [3.05, 3.63) is 23.8 Å². The maximum absolute atomic E-state index is 8.86. The molecule has 2 rings (SSSR count). The van der Waals surface area contributed by atoms with E-state index < -0.39 is 0 Å². The van der Waals surface area contributed by atoms with Crippen LogP contribution >= 0.6 is 0 Å². The Morgan fingerprint density at radius 1 is 1.25 bits per heavy atom. The molecular formula is C13H16N2O. The zero-order valence-corrected chi connectivity index (χ0v) is 9.28. The molecule has 0 saturated heterocycles. The summed E-state index contributed by atoms with van der Waals surface area (Å²) < 4.78 is 5.85. The minimum atomic E-state index is 0.309. The van der Waals surface area contributed by atoms with Crippen LogP contribution in [0.15, 0.2) is 18.2 Å². The van der Waals surface area contributed by atoms with E-state index in [-0.39, 0.29) is 0 Å². The van der Waals surface area contributed by atoms with Crippen molar-refractivity contribution in [1.29, 1.82) is 5.26 Å². The summed E-state index contributed by atoms with van der Waals surface area (Å²) in [7, 11) is 0. The molecule has 0 atom stereocenters. The van der Waals surface area contributed by atoms with E-state index >= 15 is 0 Å². The van der Waals surface area contributed by atoms with Crippen molar-refractivity contribution >= 4 is 5.69 Å². The first-order valence-electron chi connectivity index (χ1n) is 5.76. The zero-order chi connectivity index (χ0) is 11.4. The molecular weight excluding hydrogens is 200 g/mol. The molecule has 3 heteroatoms. The van der Waals surface area contributed by atoms with Gasteiger partial charge in [0.1, 0.15) is 11.8 Å². The fraction of sp³-hybridized carbons (Fsp3) is 0.462. The minimum Gasteiger partial charge on any atom is -0.490 e. The lowest BCUT2D eigenvalue weighted by atomic mass is 9.98. The van der Waals surface area contributed by atoms with Gasteiger partial charge in [0.25, 0.3) is 0 Å². The van der Waals surface area contributed by atoms with Gasteiger partial charge in [-0.05, 0) is 43.9 Å². The van der Waals surface area contributed by atoms with Crippen LogP contribution in [0.1, 0.15) is 37.7 Å². The Kier molecular flexibility index (Phi) is 3.31. The molecule has 0 heterocycles. The lowest BCUT2D eigenvalue weighted by Crippen LogP contribution is -2.19. The summed E-state index contributed by atoms with van der Waals surface area (Å²) in [6.45, 7) is 0. The number of nitrogen functional groups attached to an aromatic ring is 1. The first-order chi connectivity index (χ1) is 7.79. The average Bonchev–Trinajstić information content (AvgIpc) is 2.33. The molecule has 0 amide bonds. The second-order valence-electron chi connectivity index (χ2n) is 4.24. The van der Waals surface area contributed by atoms with E-state index in [2.05, 4.69) is 6.07 Å². The van der Waals surface area contributed by atoms with Crippen molar-refractivity contribution in [2.45, 2.75) is 38.2 Å². The number of rotatable bonds is 2. The predicted molar refractivity (Wildman–Crippen MR) is 63.1 cm³/mol. The zero-order valence-electron chi connectivity index (χ0n) is 9.28. The number of benzene rings is 1. The second kappa shape index (κ2) is 4.89. The van der Waals surface area contributed by atoms with Crippen LogP contribution in [0.5, 0.6) is 5.75 Å². The second-order valence-corrected chi connectivity index (χ2v) is 4.24. The number of ether oxygens (including phenoxy) is 1. The predicted octanol–water partition coefficient (Wildman–Crippen LogP) is 2.85. The largest absolute Gasteiger partial charge is 0.490 e. The van der Waals surface area contributed by atoms with E-state index in [1.807, 2.05) is 6.07 Å². The van der Waals surface area contributed by atoms with Crippen molar-refractivity contribution < 1.29 is 4.74 Å². The lowest BCUT2D eigenvalue weighted by Gasteiger charge is -2.23. The van der Waals surface area contributed by atoms with Crippen LogP contribution in [-0.4, -0.2) is 6.10 Å². The molecule has 0 spiro atoms. The number of nitriles is 1. The Labute approximate surface area is 95.8 Å². The molecule has 2 N–H and O–H groups in total. The van der Waals surface area contributed by atoms with Gasteiger partial charge in [-0.2, -0.15) is 5.26 Å². The first-order valence-corrected chi connectivity index (χ1v) is 5.76. The standard InChI is InChI=1S/C13H16N2O/c14-9-10-8-12(6-7-13(10)15)16-11-4-2-1-3-5-11/h6-8,11H,1-5,15H2. The van der Waals surface area contributed by atoms with Crippen LogP contribution in [0, 0.1) is 11.3 Å². The third-order valence-electron chi connectivity index (χ3n) is 3.00. The summed E-state index contributed by atoms with van der Waals surface area (Å²) in [5, 5.41) is 8.86. The van der Waals surface area contributed by atoms with Gasteiger partial charge in [0.05, 0.1) is 11.7 Å². The molecule has 1 aliphatic rings. The van der Waals surface area contributed by atoms with Crippen LogP contribution in [0.4, 0.5) is 5.69 Å². The maximum Gasteiger partial charge on any atom is 0.121 e. The number of nitrogens with zero attached hydrogens (tertiary/aromatic N) is 1. The third-order valence-corrected chi connectivity index (χ3v) is 3.00. The molecule has 0 bridgehead atoms. The smallest absolute Gasteiger partial charge is 0.121 e. The average molecular weight is 216 g/mol. The van der Waals surface area contributed by atoms with Gasteiger partial charge in [0.15, 0.2) is 0 Å². The molecule has 0 radical (unpaired) electrons. The summed E-state index contributed by atoms with van der Waals surface area (Å²) in [5.41, 5.74) is 6.66. The normalized spacial score (nSPS) is 16.7. The molecule has 0 aliphatic heterocycles. The van der Waals surface area contributed by atoms with Crippen molar-refractivity contribution in [3.8, 4) is 11.8 Å². The van der Waals surface area contributed by atoms with Crippen molar-refractivity contribution in [2.24, 2.45) is 0 Å². The Morgan fingerprint density at radius 3 is 2.69 bits per heavy atom. The fourth-order valence-electron chi connectivity index (χ4n) is 2.08. The molecule has 0 aromatic heterocycles. The van der Waals surface area contributed by atoms with Crippen LogP contribution in [0.25, 0.3) is 0 Å². The molecule has 1 aliphatic carbocycles. The Hall–Kier alpha value is -1.69. The Morgan fingerprint density at radius 2 is 2.00 bits per heavy atom. The summed E-state index contributed by atoms with van der Waals surface area (Å²) in [5.74, 6) is 0.762. The van der Waals surface area contributed by atoms with E-state index in [1.54, 1.807) is 12.1 Å². The highest BCUT2D eigenvalue weighted by molar-refractivity contribution is 5.56. The fourth-order valence-corrected chi connectivity index (χ4v) is 2.08. The number of hydrogen-bond donors (Lipinski definition) is 1. The molecule has 3 nitrogen and oxygen atoms in total. The number of nitrogens with two attached hydrogens (primary N) is 1. The Balaban J connectivity index is 2.06. The van der Waals surface area contributed by atoms with Crippen LogP contribution < -0.4 is 10.5 Å². The maximum atomic E-state index is 8.86. The molecule has 16 heavy (non-hydrogen) atoms. The van der Waals surface area contributed by atoms with Crippen molar-refractivity contribution in [2.75, 3.05) is 5.73 Å². The third kappa shape index (κ3) is 2.46. The molecule has 1 saturated carbocycles. The van der Waals surface area contributed by atoms with Gasteiger partial charge in [-0.15, -0.1) is 0 Å². The van der Waals surface area contributed by atoms with Gasteiger partial charge >= 0.3 is 0 Å². The summed E-state index contributed by atoms with van der Waals surface area (Å²) >= 11 is 0. The topological polar surface area (TPSA) is 59.0 Å². The summed E-state index contributed by atoms with van der Waals surface area (Å²) in [4.78, 5) is 0. The highest BCUT2D eigenvalue weighted by atomic mass is 16.5. The van der Waals surface area contributed by atoms with Crippen LogP contribution in [0.2, 0.25) is 0 Å². The van der Waals surface area contributed by atoms with Gasteiger partial charge in [0, 0.05) is 5.69 Å². The first kappa shape index (κ1) is 10.8. The number of hydrogen-bond acceptors (Lipinski definition) is 3. The molecule has 1 fully saturated rings. The van der Waals surface area contributed by atoms with E-state index in [4.69, 9.17) is 15.7 Å². The van der Waals surface area contributed by atoms with Crippen molar-refractivity contribution in [3.63, 3.8) is 0 Å². The van der Waals surface area contributed by atoms with Crippen LogP contribution in [-0.2, 0) is 0 Å². The van der Waals surface area contributed by atoms with E-state index in [1.165, 1.54) is 19.3 Å². The van der Waals surface area contributed by atoms with Gasteiger partial charge in [-0.1, -0.05) is 6.42 Å². The highest BCUT2D eigenvalue weighted by Crippen LogP contribution is 2.25. The highest BCUT2D eigenvalue weighted by Gasteiger charge is 2.15. The van der Waals surface area contributed by atoms with Gasteiger partial charge < -0.3 is 10.5 Å². The quantitative estimate of drug-likeness (QED) is 0.773. The lowest BCUT2D eigenvalue weighted by molar-refractivity contribution is 0.155. The van der Waals surface area contributed by atoms with E-state index in [9.17, 15) is 0 Å². The monoisotopic (exact) mass is 216 g/mol. The van der Waals surface area contributed by atoms with Gasteiger partial charge in [-0.3, -0.25) is 0 Å². The van der Waals surface area contributed by atoms with Crippen molar-refractivity contribution in [1.82, 2.24) is 0 Å². The number of anilines is 1. The van der Waals surface area contributed by atoms with Gasteiger partial charge in [0.2, 0.25) is 0 Å². The van der Waals surface area contributed by atoms with E-state index in [0.29, 0.717) is 17.4 Å². The summed E-state index contributed by atoms with van der Waals surface area (Å²) in [6, 6.07) is 7.36. The molecule has 1 aromatic carbocycles.